The average Bonchev–Trinajstić information content (AvgIpc) is 2.72. The van der Waals surface area contributed by atoms with E-state index in [-0.39, 0.29) is 12.0 Å². The number of carboxylic acid groups (broad SMARTS) is 1. The molecule has 0 spiro atoms. The number of thioether (sulfide) groups is 1. The first-order valence-electron chi connectivity index (χ1n) is 7.97. The van der Waals surface area contributed by atoms with Gasteiger partial charge in [-0.15, -0.1) is 0 Å². The Labute approximate surface area is 128 Å². The van der Waals surface area contributed by atoms with Gasteiger partial charge in [-0.2, -0.15) is 11.8 Å². The average molecular weight is 301 g/mol. The largest absolute Gasteiger partial charge is 0.480 e. The molecule has 2 N–H and O–H groups in total. The standard InChI is InChI=1S/C16H31NO2S/c1-12(2)7-10-20-11-8-14-6-5-9-16(14,15(18)19)17-13(3)4/h12-14,17H,5-11H2,1-4H3,(H,18,19). The van der Waals surface area contributed by atoms with Crippen LogP contribution < -0.4 is 5.32 Å². The maximum absolute atomic E-state index is 11.8. The SMILES string of the molecule is CC(C)CCSCCC1CCCC1(NC(C)C)C(=O)O. The first-order chi connectivity index (χ1) is 9.38. The lowest BCUT2D eigenvalue weighted by Gasteiger charge is -2.34. The monoisotopic (exact) mass is 301 g/mol. The highest BCUT2D eigenvalue weighted by molar-refractivity contribution is 7.99. The summed E-state index contributed by atoms with van der Waals surface area (Å²) in [5.74, 6) is 2.68. The van der Waals surface area contributed by atoms with E-state index in [4.69, 9.17) is 0 Å². The fourth-order valence-corrected chi connectivity index (χ4v) is 4.46. The van der Waals surface area contributed by atoms with Gasteiger partial charge in [-0.05, 0) is 62.9 Å². The van der Waals surface area contributed by atoms with E-state index in [0.717, 1.165) is 37.4 Å². The van der Waals surface area contributed by atoms with Crippen molar-refractivity contribution in [2.75, 3.05) is 11.5 Å². The van der Waals surface area contributed by atoms with E-state index in [9.17, 15) is 9.90 Å². The zero-order chi connectivity index (χ0) is 15.2. The molecule has 3 nitrogen and oxygen atoms in total. The van der Waals surface area contributed by atoms with Crippen molar-refractivity contribution in [3.05, 3.63) is 0 Å². The number of carboxylic acids is 1. The van der Waals surface area contributed by atoms with Crippen LogP contribution in [0, 0.1) is 11.8 Å². The summed E-state index contributed by atoms with van der Waals surface area (Å²) in [5.41, 5.74) is -0.674. The number of aliphatic carboxylic acids is 1. The molecule has 0 heterocycles. The smallest absolute Gasteiger partial charge is 0.324 e. The van der Waals surface area contributed by atoms with Crippen molar-refractivity contribution in [3.63, 3.8) is 0 Å². The molecule has 118 valence electrons. The summed E-state index contributed by atoms with van der Waals surface area (Å²) in [6.45, 7) is 8.58. The predicted octanol–water partition coefficient (Wildman–Crippen LogP) is 3.78. The van der Waals surface area contributed by atoms with Crippen molar-refractivity contribution in [2.24, 2.45) is 11.8 Å². The molecule has 0 aromatic heterocycles. The second-order valence-electron chi connectivity index (χ2n) is 6.75. The molecule has 0 aliphatic heterocycles. The first-order valence-corrected chi connectivity index (χ1v) is 9.12. The minimum absolute atomic E-state index is 0.222. The first kappa shape index (κ1) is 17.8. The van der Waals surface area contributed by atoms with Crippen LogP contribution in [-0.2, 0) is 4.79 Å². The molecule has 0 aromatic rings. The van der Waals surface area contributed by atoms with Gasteiger partial charge >= 0.3 is 5.97 Å². The molecule has 0 saturated heterocycles. The Kier molecular flexibility index (Phi) is 7.38. The lowest BCUT2D eigenvalue weighted by molar-refractivity contribution is -0.147. The second kappa shape index (κ2) is 8.28. The van der Waals surface area contributed by atoms with Crippen molar-refractivity contribution < 1.29 is 9.90 Å². The molecule has 1 saturated carbocycles. The van der Waals surface area contributed by atoms with Gasteiger partial charge in [0.05, 0.1) is 0 Å². The highest BCUT2D eigenvalue weighted by Crippen LogP contribution is 2.39. The van der Waals surface area contributed by atoms with E-state index < -0.39 is 11.5 Å². The molecule has 4 heteroatoms. The molecular weight excluding hydrogens is 270 g/mol. The maximum Gasteiger partial charge on any atom is 0.324 e. The quantitative estimate of drug-likeness (QED) is 0.636. The minimum atomic E-state index is -0.674. The van der Waals surface area contributed by atoms with Gasteiger partial charge < -0.3 is 5.11 Å². The molecule has 1 aliphatic carbocycles. The lowest BCUT2D eigenvalue weighted by Crippen LogP contribution is -2.57. The molecule has 0 radical (unpaired) electrons. The van der Waals surface area contributed by atoms with Crippen molar-refractivity contribution in [1.29, 1.82) is 0 Å². The Hall–Kier alpha value is -0.220. The molecule has 0 amide bonds. The van der Waals surface area contributed by atoms with Gasteiger partial charge in [0.2, 0.25) is 0 Å². The highest BCUT2D eigenvalue weighted by atomic mass is 32.2. The number of carbonyl (C=O) groups is 1. The van der Waals surface area contributed by atoms with Gasteiger partial charge in [-0.1, -0.05) is 20.3 Å². The molecule has 2 unspecified atom stereocenters. The van der Waals surface area contributed by atoms with Gasteiger partial charge in [-0.3, -0.25) is 10.1 Å². The van der Waals surface area contributed by atoms with E-state index in [2.05, 4.69) is 19.2 Å². The third-order valence-electron chi connectivity index (χ3n) is 4.20. The van der Waals surface area contributed by atoms with Gasteiger partial charge in [0.1, 0.15) is 5.54 Å². The Bertz CT molecular complexity index is 307. The Morgan fingerprint density at radius 3 is 2.60 bits per heavy atom. The Morgan fingerprint density at radius 2 is 2.05 bits per heavy atom. The van der Waals surface area contributed by atoms with Gasteiger partial charge in [0.25, 0.3) is 0 Å². The Balaban J connectivity index is 2.47. The summed E-state index contributed by atoms with van der Waals surface area (Å²) in [7, 11) is 0. The van der Waals surface area contributed by atoms with Gasteiger partial charge in [0.15, 0.2) is 0 Å². The maximum atomic E-state index is 11.8. The third-order valence-corrected chi connectivity index (χ3v) is 5.25. The fourth-order valence-electron chi connectivity index (χ4n) is 3.16. The minimum Gasteiger partial charge on any atom is -0.480 e. The number of nitrogens with one attached hydrogen (secondary N) is 1. The van der Waals surface area contributed by atoms with Crippen LogP contribution >= 0.6 is 11.8 Å². The fraction of sp³-hybridized carbons (Fsp3) is 0.938. The number of hydrogen-bond acceptors (Lipinski definition) is 3. The predicted molar refractivity (Wildman–Crippen MR) is 87.4 cm³/mol. The van der Waals surface area contributed by atoms with Crippen LogP contribution in [-0.4, -0.2) is 34.2 Å². The second-order valence-corrected chi connectivity index (χ2v) is 7.97. The summed E-state index contributed by atoms with van der Waals surface area (Å²) in [6, 6.07) is 0.222. The van der Waals surface area contributed by atoms with Crippen molar-refractivity contribution in [2.45, 2.75) is 71.4 Å². The van der Waals surface area contributed by atoms with Crippen molar-refractivity contribution >= 4 is 17.7 Å². The van der Waals surface area contributed by atoms with Crippen LogP contribution in [0.2, 0.25) is 0 Å². The highest BCUT2D eigenvalue weighted by Gasteiger charge is 2.48. The summed E-state index contributed by atoms with van der Waals surface area (Å²) < 4.78 is 0. The molecule has 2 atom stereocenters. The van der Waals surface area contributed by atoms with E-state index >= 15 is 0 Å². The van der Waals surface area contributed by atoms with E-state index in [0.29, 0.717) is 0 Å². The normalized spacial score (nSPS) is 26.6. The van der Waals surface area contributed by atoms with Crippen LogP contribution in [0.5, 0.6) is 0 Å². The topological polar surface area (TPSA) is 49.3 Å². The number of hydrogen-bond donors (Lipinski definition) is 2. The van der Waals surface area contributed by atoms with E-state index in [1.165, 1.54) is 12.2 Å². The molecular formula is C16H31NO2S. The van der Waals surface area contributed by atoms with Gasteiger partial charge in [0, 0.05) is 6.04 Å². The number of rotatable bonds is 9. The molecule has 1 rings (SSSR count). The summed E-state index contributed by atoms with van der Waals surface area (Å²) in [4.78, 5) is 11.8. The Morgan fingerprint density at radius 1 is 1.35 bits per heavy atom. The van der Waals surface area contributed by atoms with Crippen LogP contribution in [0.3, 0.4) is 0 Å². The third kappa shape index (κ3) is 4.96. The zero-order valence-corrected chi connectivity index (χ0v) is 14.3. The van der Waals surface area contributed by atoms with E-state index in [1.807, 2.05) is 25.6 Å². The molecule has 0 bridgehead atoms. The van der Waals surface area contributed by atoms with Crippen molar-refractivity contribution in [1.82, 2.24) is 5.32 Å². The molecule has 1 aliphatic rings. The summed E-state index contributed by atoms with van der Waals surface area (Å²) >= 11 is 1.98. The molecule has 20 heavy (non-hydrogen) atoms. The van der Waals surface area contributed by atoms with Crippen LogP contribution in [0.25, 0.3) is 0 Å². The van der Waals surface area contributed by atoms with Gasteiger partial charge in [-0.25, -0.2) is 0 Å². The van der Waals surface area contributed by atoms with Crippen molar-refractivity contribution in [3.8, 4) is 0 Å². The summed E-state index contributed by atoms with van der Waals surface area (Å²) in [5, 5.41) is 13.0. The molecule has 1 fully saturated rings. The van der Waals surface area contributed by atoms with Crippen LogP contribution in [0.15, 0.2) is 0 Å². The summed E-state index contributed by atoms with van der Waals surface area (Å²) in [6.07, 6.45) is 5.14. The van der Waals surface area contributed by atoms with Crippen LogP contribution in [0.1, 0.15) is 59.8 Å². The molecule has 0 aromatic carbocycles. The lowest BCUT2D eigenvalue weighted by atomic mass is 9.84. The van der Waals surface area contributed by atoms with Crippen LogP contribution in [0.4, 0.5) is 0 Å². The van der Waals surface area contributed by atoms with E-state index in [1.54, 1.807) is 0 Å². The zero-order valence-electron chi connectivity index (χ0n) is 13.4.